The highest BCUT2D eigenvalue weighted by atomic mass is 19.1. The van der Waals surface area contributed by atoms with Gasteiger partial charge in [-0.25, -0.2) is 4.39 Å². The lowest BCUT2D eigenvalue weighted by Crippen LogP contribution is -2.00. The molecule has 0 aromatic heterocycles. The summed E-state index contributed by atoms with van der Waals surface area (Å²) in [6, 6.07) is 9.14. The molecule has 2 aromatic carbocycles. The van der Waals surface area contributed by atoms with Gasteiger partial charge < -0.3 is 14.2 Å². The molecule has 1 aliphatic heterocycles. The van der Waals surface area contributed by atoms with Gasteiger partial charge in [-0.1, -0.05) is 12.1 Å². The molecule has 1 heterocycles. The Morgan fingerprint density at radius 1 is 1.14 bits per heavy atom. The minimum Gasteiger partial charge on any atom is -0.496 e. The van der Waals surface area contributed by atoms with Gasteiger partial charge in [-0.2, -0.15) is 0 Å². The second kappa shape index (κ2) is 5.52. The number of hydrogen-bond acceptors (Lipinski definition) is 4. The van der Waals surface area contributed by atoms with Crippen LogP contribution >= 0.6 is 0 Å². The Morgan fingerprint density at radius 3 is 2.64 bits per heavy atom. The van der Waals surface area contributed by atoms with Crippen molar-refractivity contribution in [1.82, 2.24) is 0 Å². The molecular formula is C17H13FO4. The lowest BCUT2D eigenvalue weighted by atomic mass is 10.1. The molecule has 22 heavy (non-hydrogen) atoms. The Balaban J connectivity index is 2.04. The molecule has 0 aliphatic carbocycles. The summed E-state index contributed by atoms with van der Waals surface area (Å²) >= 11 is 0. The summed E-state index contributed by atoms with van der Waals surface area (Å²) in [5, 5.41) is 0. The monoisotopic (exact) mass is 300 g/mol. The van der Waals surface area contributed by atoms with Crippen LogP contribution in [0.25, 0.3) is 6.08 Å². The Bertz CT molecular complexity index is 780. The molecule has 1 aliphatic rings. The number of ketones is 1. The number of carbonyl (C=O) groups is 1. The van der Waals surface area contributed by atoms with E-state index in [0.29, 0.717) is 28.4 Å². The molecule has 0 radical (unpaired) electrons. The van der Waals surface area contributed by atoms with E-state index in [1.54, 1.807) is 24.3 Å². The first-order valence-electron chi connectivity index (χ1n) is 6.58. The first-order chi connectivity index (χ1) is 10.6. The molecule has 0 unspecified atom stereocenters. The summed E-state index contributed by atoms with van der Waals surface area (Å²) in [6.07, 6.45) is 1.50. The summed E-state index contributed by atoms with van der Waals surface area (Å²) in [4.78, 5) is 12.5. The van der Waals surface area contributed by atoms with Gasteiger partial charge in [-0.15, -0.1) is 0 Å². The van der Waals surface area contributed by atoms with Gasteiger partial charge in [0.15, 0.2) is 5.76 Å². The van der Waals surface area contributed by atoms with Crippen molar-refractivity contribution in [2.75, 3.05) is 14.2 Å². The van der Waals surface area contributed by atoms with Crippen molar-refractivity contribution in [2.45, 2.75) is 0 Å². The van der Waals surface area contributed by atoms with Crippen molar-refractivity contribution in [3.05, 3.63) is 59.1 Å². The van der Waals surface area contributed by atoms with Gasteiger partial charge in [0.1, 0.15) is 28.6 Å². The number of hydrogen-bond donors (Lipinski definition) is 0. The second-order valence-corrected chi connectivity index (χ2v) is 4.70. The predicted octanol–water partition coefficient (Wildman–Crippen LogP) is 3.46. The van der Waals surface area contributed by atoms with Crippen molar-refractivity contribution in [3.8, 4) is 17.2 Å². The fraction of sp³-hybridized carbons (Fsp3) is 0.118. The van der Waals surface area contributed by atoms with E-state index in [1.807, 2.05) is 0 Å². The number of carbonyl (C=O) groups excluding carboxylic acids is 1. The van der Waals surface area contributed by atoms with Crippen molar-refractivity contribution < 1.29 is 23.4 Å². The van der Waals surface area contributed by atoms with E-state index in [-0.39, 0.29) is 17.4 Å². The van der Waals surface area contributed by atoms with E-state index in [1.165, 1.54) is 32.4 Å². The third kappa shape index (κ3) is 2.41. The third-order valence-electron chi connectivity index (χ3n) is 3.31. The normalized spacial score (nSPS) is 14.7. The Labute approximate surface area is 126 Å². The number of rotatable bonds is 3. The molecular weight excluding hydrogens is 287 g/mol. The van der Waals surface area contributed by atoms with Crippen LogP contribution in [0.2, 0.25) is 0 Å². The van der Waals surface area contributed by atoms with Crippen LogP contribution in [0.3, 0.4) is 0 Å². The van der Waals surface area contributed by atoms with Crippen LogP contribution < -0.4 is 14.2 Å². The topological polar surface area (TPSA) is 44.8 Å². The quantitative estimate of drug-likeness (QED) is 0.814. The molecule has 0 fully saturated rings. The zero-order valence-corrected chi connectivity index (χ0v) is 12.1. The van der Waals surface area contributed by atoms with Crippen LogP contribution in [-0.2, 0) is 0 Å². The number of allylic oxidation sites excluding steroid dienone is 1. The van der Waals surface area contributed by atoms with E-state index >= 15 is 0 Å². The molecule has 2 aromatic rings. The van der Waals surface area contributed by atoms with Gasteiger partial charge in [0.25, 0.3) is 0 Å². The second-order valence-electron chi connectivity index (χ2n) is 4.70. The highest BCUT2D eigenvalue weighted by molar-refractivity contribution is 6.16. The van der Waals surface area contributed by atoms with Crippen LogP contribution in [-0.4, -0.2) is 20.0 Å². The maximum Gasteiger partial charge on any atom is 0.235 e. The van der Waals surface area contributed by atoms with Gasteiger partial charge in [0.2, 0.25) is 5.78 Å². The van der Waals surface area contributed by atoms with Crippen molar-refractivity contribution in [2.24, 2.45) is 0 Å². The maximum atomic E-state index is 13.2. The zero-order chi connectivity index (χ0) is 15.7. The number of ether oxygens (including phenoxy) is 3. The molecule has 0 bridgehead atoms. The first kappa shape index (κ1) is 14.1. The molecule has 0 N–H and O–H groups in total. The molecule has 0 spiro atoms. The summed E-state index contributed by atoms with van der Waals surface area (Å²) in [5.41, 5.74) is 0.882. The van der Waals surface area contributed by atoms with Crippen LogP contribution in [0.4, 0.5) is 4.39 Å². The SMILES string of the molecule is COc1cc(OC)c2c(c1)O/C(=C\c1cccc(F)c1)C2=O. The lowest BCUT2D eigenvalue weighted by Gasteiger charge is -2.07. The minimum absolute atomic E-state index is 0.118. The number of benzene rings is 2. The maximum absolute atomic E-state index is 13.2. The molecule has 0 amide bonds. The summed E-state index contributed by atoms with van der Waals surface area (Å²) in [7, 11) is 2.98. The van der Waals surface area contributed by atoms with Crippen LogP contribution in [0.5, 0.6) is 17.2 Å². The number of methoxy groups -OCH3 is 2. The number of Topliss-reactive ketones (excluding diaryl/α,β-unsaturated/α-hetero) is 1. The number of halogens is 1. The fourth-order valence-corrected chi connectivity index (χ4v) is 2.28. The fourth-order valence-electron chi connectivity index (χ4n) is 2.28. The Hall–Kier alpha value is -2.82. The highest BCUT2D eigenvalue weighted by Crippen LogP contribution is 2.41. The molecule has 112 valence electrons. The molecule has 3 rings (SSSR count). The minimum atomic E-state index is -0.378. The Kier molecular flexibility index (Phi) is 3.55. The average molecular weight is 300 g/mol. The largest absolute Gasteiger partial charge is 0.496 e. The average Bonchev–Trinajstić information content (AvgIpc) is 2.82. The van der Waals surface area contributed by atoms with Crippen molar-refractivity contribution in [3.63, 3.8) is 0 Å². The molecule has 0 atom stereocenters. The van der Waals surface area contributed by atoms with Crippen LogP contribution in [0.1, 0.15) is 15.9 Å². The standard InChI is InChI=1S/C17H13FO4/c1-20-12-8-13(21-2)16-14(9-12)22-15(17(16)19)7-10-4-3-5-11(18)6-10/h3-9H,1-2H3/b15-7-. The summed E-state index contributed by atoms with van der Waals surface area (Å²) in [5.74, 6) is 0.698. The smallest absolute Gasteiger partial charge is 0.235 e. The molecule has 0 saturated heterocycles. The lowest BCUT2D eigenvalue weighted by molar-refractivity contribution is 0.101. The van der Waals surface area contributed by atoms with Crippen molar-refractivity contribution in [1.29, 1.82) is 0 Å². The molecule has 4 nitrogen and oxygen atoms in total. The van der Waals surface area contributed by atoms with Crippen LogP contribution in [0.15, 0.2) is 42.2 Å². The summed E-state index contributed by atoms with van der Waals surface area (Å²) < 4.78 is 29.2. The molecule has 0 saturated carbocycles. The van der Waals surface area contributed by atoms with Crippen LogP contribution in [0, 0.1) is 5.82 Å². The zero-order valence-electron chi connectivity index (χ0n) is 12.1. The van der Waals surface area contributed by atoms with E-state index in [2.05, 4.69) is 0 Å². The third-order valence-corrected chi connectivity index (χ3v) is 3.31. The predicted molar refractivity (Wildman–Crippen MR) is 78.9 cm³/mol. The van der Waals surface area contributed by atoms with E-state index in [0.717, 1.165) is 0 Å². The van der Waals surface area contributed by atoms with Gasteiger partial charge in [-0.05, 0) is 23.8 Å². The van der Waals surface area contributed by atoms with E-state index < -0.39 is 0 Å². The van der Waals surface area contributed by atoms with Gasteiger partial charge in [0, 0.05) is 12.1 Å². The van der Waals surface area contributed by atoms with E-state index in [9.17, 15) is 9.18 Å². The van der Waals surface area contributed by atoms with E-state index in [4.69, 9.17) is 14.2 Å². The first-order valence-corrected chi connectivity index (χ1v) is 6.58. The number of fused-ring (bicyclic) bond motifs is 1. The summed E-state index contributed by atoms with van der Waals surface area (Å²) in [6.45, 7) is 0. The van der Waals surface area contributed by atoms with Gasteiger partial charge in [-0.3, -0.25) is 4.79 Å². The molecule has 5 heteroatoms. The Morgan fingerprint density at radius 2 is 1.95 bits per heavy atom. The van der Waals surface area contributed by atoms with Crippen molar-refractivity contribution >= 4 is 11.9 Å². The van der Waals surface area contributed by atoms with Gasteiger partial charge in [0.05, 0.1) is 14.2 Å². The highest BCUT2D eigenvalue weighted by Gasteiger charge is 2.32. The van der Waals surface area contributed by atoms with Gasteiger partial charge >= 0.3 is 0 Å².